The molecule has 1 fully saturated rings. The number of sulfonamides is 1. The topological polar surface area (TPSA) is 75.7 Å². The van der Waals surface area contributed by atoms with Crippen LogP contribution >= 0.6 is 11.3 Å². The van der Waals surface area contributed by atoms with Gasteiger partial charge in [0.2, 0.25) is 10.0 Å². The summed E-state index contributed by atoms with van der Waals surface area (Å²) in [5.41, 5.74) is 0. The summed E-state index contributed by atoms with van der Waals surface area (Å²) in [4.78, 5) is 12.4. The summed E-state index contributed by atoms with van der Waals surface area (Å²) in [5.74, 6) is -0.171. The maximum absolute atomic E-state index is 11.8. The van der Waals surface area contributed by atoms with Gasteiger partial charge < -0.3 is 10.1 Å². The lowest BCUT2D eigenvalue weighted by Crippen LogP contribution is -2.41. The minimum absolute atomic E-state index is 0.0345. The van der Waals surface area contributed by atoms with Crippen molar-refractivity contribution in [3.05, 3.63) is 22.4 Å². The van der Waals surface area contributed by atoms with Crippen LogP contribution in [0, 0.1) is 0 Å². The third-order valence-corrected chi connectivity index (χ3v) is 5.43. The lowest BCUT2D eigenvalue weighted by atomic mass is 10.2. The minimum atomic E-state index is -3.30. The minimum Gasteiger partial charge on any atom is -0.377 e. The first kappa shape index (κ1) is 16.4. The fourth-order valence-corrected chi connectivity index (χ4v) is 3.70. The van der Waals surface area contributed by atoms with Crippen molar-refractivity contribution in [2.24, 2.45) is 0 Å². The highest BCUT2D eigenvalue weighted by atomic mass is 32.2. The number of amides is 1. The van der Waals surface area contributed by atoms with E-state index < -0.39 is 10.0 Å². The molecular formula is C13H20N2O4S2. The summed E-state index contributed by atoms with van der Waals surface area (Å²) < 4.78 is 30.4. The third-order valence-electron chi connectivity index (χ3n) is 3.29. The fourth-order valence-electron chi connectivity index (χ4n) is 2.20. The van der Waals surface area contributed by atoms with Crippen LogP contribution in [0.1, 0.15) is 22.5 Å². The van der Waals surface area contributed by atoms with Gasteiger partial charge in [-0.1, -0.05) is 6.07 Å². The smallest absolute Gasteiger partial charge is 0.261 e. The summed E-state index contributed by atoms with van der Waals surface area (Å²) in [5, 5.41) is 4.57. The van der Waals surface area contributed by atoms with Crippen molar-refractivity contribution in [3.63, 3.8) is 0 Å². The number of carbonyl (C=O) groups excluding carboxylic acids is 1. The summed E-state index contributed by atoms with van der Waals surface area (Å²) in [6.07, 6.45) is 3.00. The van der Waals surface area contributed by atoms with Gasteiger partial charge in [0.25, 0.3) is 5.91 Å². The number of hydrogen-bond acceptors (Lipinski definition) is 5. The van der Waals surface area contributed by atoms with Crippen LogP contribution in [-0.2, 0) is 14.8 Å². The van der Waals surface area contributed by atoms with E-state index >= 15 is 0 Å². The van der Waals surface area contributed by atoms with E-state index in [1.54, 1.807) is 12.1 Å². The number of carbonyl (C=O) groups is 1. The molecule has 118 valence electrons. The van der Waals surface area contributed by atoms with Crippen LogP contribution in [0.5, 0.6) is 0 Å². The monoisotopic (exact) mass is 332 g/mol. The Bertz CT molecular complexity index is 551. The van der Waals surface area contributed by atoms with Gasteiger partial charge in [-0.15, -0.1) is 11.3 Å². The van der Waals surface area contributed by atoms with Crippen molar-refractivity contribution in [3.8, 4) is 0 Å². The molecule has 1 aromatic heterocycles. The normalized spacial score (nSPS) is 19.0. The molecule has 0 bridgehead atoms. The van der Waals surface area contributed by atoms with Crippen LogP contribution < -0.4 is 5.32 Å². The van der Waals surface area contributed by atoms with Crippen molar-refractivity contribution in [2.75, 3.05) is 32.5 Å². The Morgan fingerprint density at radius 2 is 2.38 bits per heavy atom. The predicted octanol–water partition coefficient (Wildman–Crippen LogP) is 0.919. The fraction of sp³-hybridized carbons (Fsp3) is 0.615. The summed E-state index contributed by atoms with van der Waals surface area (Å²) in [6, 6.07) is 3.54. The Hall–Kier alpha value is -0.960. The first-order valence-electron chi connectivity index (χ1n) is 6.85. The van der Waals surface area contributed by atoms with Crippen molar-refractivity contribution < 1.29 is 17.9 Å². The van der Waals surface area contributed by atoms with Gasteiger partial charge in [-0.25, -0.2) is 8.42 Å². The zero-order valence-electron chi connectivity index (χ0n) is 11.9. The van der Waals surface area contributed by atoms with Crippen molar-refractivity contribution in [1.29, 1.82) is 0 Å². The van der Waals surface area contributed by atoms with Crippen LogP contribution in [0.25, 0.3) is 0 Å². The standard InChI is InChI=1S/C13H20N2O4S2/c1-21(17,18)15(10-11-4-2-8-19-11)7-6-14-13(16)12-5-3-9-20-12/h3,5,9,11H,2,4,6-8,10H2,1H3,(H,14,16). The van der Waals surface area contributed by atoms with E-state index in [-0.39, 0.29) is 25.1 Å². The van der Waals surface area contributed by atoms with Crippen LogP contribution in [0.2, 0.25) is 0 Å². The second-order valence-corrected chi connectivity index (χ2v) is 7.92. The number of rotatable bonds is 7. The summed E-state index contributed by atoms with van der Waals surface area (Å²) >= 11 is 1.36. The Kier molecular flexibility index (Phi) is 5.74. The molecule has 0 aromatic carbocycles. The molecule has 0 aliphatic carbocycles. The lowest BCUT2D eigenvalue weighted by Gasteiger charge is -2.23. The average Bonchev–Trinajstić information content (AvgIpc) is 3.09. The molecule has 1 unspecified atom stereocenters. The van der Waals surface area contributed by atoms with E-state index in [2.05, 4.69) is 5.32 Å². The zero-order valence-corrected chi connectivity index (χ0v) is 13.6. The van der Waals surface area contributed by atoms with Gasteiger partial charge in [-0.3, -0.25) is 4.79 Å². The molecule has 1 saturated heterocycles. The van der Waals surface area contributed by atoms with E-state index in [4.69, 9.17) is 4.74 Å². The highest BCUT2D eigenvalue weighted by Gasteiger charge is 2.24. The molecule has 1 N–H and O–H groups in total. The first-order valence-corrected chi connectivity index (χ1v) is 9.58. The van der Waals surface area contributed by atoms with Gasteiger partial charge in [0, 0.05) is 26.2 Å². The Labute approximate surface area is 129 Å². The van der Waals surface area contributed by atoms with Crippen molar-refractivity contribution in [2.45, 2.75) is 18.9 Å². The molecule has 1 aliphatic heterocycles. The molecule has 0 radical (unpaired) electrons. The quantitative estimate of drug-likeness (QED) is 0.805. The number of hydrogen-bond donors (Lipinski definition) is 1. The largest absolute Gasteiger partial charge is 0.377 e. The van der Waals surface area contributed by atoms with Gasteiger partial charge in [0.15, 0.2) is 0 Å². The van der Waals surface area contributed by atoms with E-state index in [9.17, 15) is 13.2 Å². The van der Waals surface area contributed by atoms with E-state index in [0.717, 1.165) is 12.8 Å². The molecular weight excluding hydrogens is 312 g/mol. The second-order valence-electron chi connectivity index (χ2n) is 4.99. The lowest BCUT2D eigenvalue weighted by molar-refractivity contribution is 0.0912. The van der Waals surface area contributed by atoms with Crippen LogP contribution in [0.15, 0.2) is 17.5 Å². The molecule has 21 heavy (non-hydrogen) atoms. The van der Waals surface area contributed by atoms with Gasteiger partial charge in [-0.2, -0.15) is 4.31 Å². The van der Waals surface area contributed by atoms with E-state index in [1.165, 1.54) is 21.9 Å². The molecule has 1 amide bonds. The summed E-state index contributed by atoms with van der Waals surface area (Å²) in [7, 11) is -3.30. The number of nitrogens with zero attached hydrogens (tertiary/aromatic N) is 1. The molecule has 2 rings (SSSR count). The number of thiophene rings is 1. The van der Waals surface area contributed by atoms with Crippen LogP contribution in [0.4, 0.5) is 0 Å². The van der Waals surface area contributed by atoms with Gasteiger partial charge in [-0.05, 0) is 24.3 Å². The predicted molar refractivity (Wildman–Crippen MR) is 82.0 cm³/mol. The van der Waals surface area contributed by atoms with Crippen molar-refractivity contribution in [1.82, 2.24) is 9.62 Å². The van der Waals surface area contributed by atoms with Gasteiger partial charge in [0.1, 0.15) is 0 Å². The molecule has 1 aliphatic rings. The average molecular weight is 332 g/mol. The maximum Gasteiger partial charge on any atom is 0.261 e. The van der Waals surface area contributed by atoms with Gasteiger partial charge in [0.05, 0.1) is 17.2 Å². The molecule has 6 nitrogen and oxygen atoms in total. The molecule has 8 heteroatoms. The molecule has 0 saturated carbocycles. The summed E-state index contributed by atoms with van der Waals surface area (Å²) in [6.45, 7) is 1.59. The van der Waals surface area contributed by atoms with Crippen LogP contribution in [0.3, 0.4) is 0 Å². The molecule has 2 heterocycles. The molecule has 1 aromatic rings. The zero-order chi connectivity index (χ0) is 15.3. The first-order chi connectivity index (χ1) is 9.97. The van der Waals surface area contributed by atoms with Crippen LogP contribution in [-0.4, -0.2) is 57.2 Å². The van der Waals surface area contributed by atoms with E-state index in [1.807, 2.05) is 5.38 Å². The van der Waals surface area contributed by atoms with E-state index in [0.29, 0.717) is 18.0 Å². The molecule has 0 spiro atoms. The Balaban J connectivity index is 1.83. The Morgan fingerprint density at radius 1 is 1.57 bits per heavy atom. The maximum atomic E-state index is 11.8. The Morgan fingerprint density at radius 3 is 2.95 bits per heavy atom. The van der Waals surface area contributed by atoms with Gasteiger partial charge >= 0.3 is 0 Å². The number of nitrogens with one attached hydrogen (secondary N) is 1. The second kappa shape index (κ2) is 7.35. The van der Waals surface area contributed by atoms with Crippen molar-refractivity contribution >= 4 is 27.3 Å². The number of ether oxygens (including phenoxy) is 1. The highest BCUT2D eigenvalue weighted by Crippen LogP contribution is 2.14. The molecule has 1 atom stereocenters. The SMILES string of the molecule is CS(=O)(=O)N(CCNC(=O)c1cccs1)CC1CCCO1. The third kappa shape index (κ3) is 5.06. The highest BCUT2D eigenvalue weighted by molar-refractivity contribution is 7.88.